The van der Waals surface area contributed by atoms with Crippen molar-refractivity contribution in [3.8, 4) is 0 Å². The van der Waals surface area contributed by atoms with E-state index in [0.717, 1.165) is 12.8 Å². The van der Waals surface area contributed by atoms with Crippen molar-refractivity contribution in [3.63, 3.8) is 0 Å². The van der Waals surface area contributed by atoms with E-state index in [2.05, 4.69) is 42.0 Å². The predicted octanol–water partition coefficient (Wildman–Crippen LogP) is 3.75. The standard InChI is InChI=1S/C26H43BrN2O5S/c1-9-14(3)16(12-30)29-20(21(31)28-25(7,8)13-24(4,5)6)26-11-15(27)19(35-26)17(18(26)22(29)32)23(33)34-10-2/h14-20,30H,9-13H2,1-8H3,(H,28,31)/t14-,15?,16-,17-,18-,19-,20?,26?/m0/s1. The molecule has 0 aromatic rings. The summed E-state index contributed by atoms with van der Waals surface area (Å²) in [6.07, 6.45) is 2.14. The Kier molecular flexibility index (Phi) is 8.35. The number of hydrogen-bond acceptors (Lipinski definition) is 6. The molecule has 3 fully saturated rings. The minimum absolute atomic E-state index is 0.0000309. The topological polar surface area (TPSA) is 95.9 Å². The molecule has 8 atom stereocenters. The Morgan fingerprint density at radius 1 is 1.29 bits per heavy atom. The number of nitrogens with one attached hydrogen (secondary N) is 1. The first-order valence-corrected chi connectivity index (χ1v) is 14.7. The number of esters is 1. The van der Waals surface area contributed by atoms with Gasteiger partial charge in [-0.2, -0.15) is 0 Å². The van der Waals surface area contributed by atoms with Crippen LogP contribution in [0, 0.1) is 23.2 Å². The molecular weight excluding hydrogens is 532 g/mol. The first kappa shape index (κ1) is 28.8. The fourth-order valence-electron chi connectivity index (χ4n) is 6.82. The van der Waals surface area contributed by atoms with Crippen molar-refractivity contribution in [2.75, 3.05) is 13.2 Å². The third kappa shape index (κ3) is 5.15. The van der Waals surface area contributed by atoms with E-state index in [1.165, 1.54) is 0 Å². The summed E-state index contributed by atoms with van der Waals surface area (Å²) in [6, 6.07) is -1.26. The molecule has 0 aromatic heterocycles. The van der Waals surface area contributed by atoms with Crippen molar-refractivity contribution in [1.82, 2.24) is 10.2 Å². The van der Waals surface area contributed by atoms with Crippen LogP contribution in [0.3, 0.4) is 0 Å². The number of fused-ring (bicyclic) bond motifs is 1. The summed E-state index contributed by atoms with van der Waals surface area (Å²) in [6.45, 7) is 16.2. The molecule has 2 bridgehead atoms. The number of aliphatic hydroxyl groups excluding tert-OH is 1. The molecule has 7 nitrogen and oxygen atoms in total. The molecule has 2 N–H and O–H groups in total. The molecule has 0 saturated carbocycles. The SMILES string of the molecule is CCOC(=O)[C@H]1[C@H]2C(=O)N([C@@H](CO)[C@@H](C)CC)C(C(=O)NC(C)(C)CC(C)(C)C)C23CC(Br)[C@@H]1S3. The van der Waals surface area contributed by atoms with Crippen LogP contribution in [0.25, 0.3) is 0 Å². The lowest BCUT2D eigenvalue weighted by atomic mass is 9.71. The second-order valence-electron chi connectivity index (χ2n) is 12.4. The number of amides is 2. The van der Waals surface area contributed by atoms with E-state index >= 15 is 0 Å². The summed E-state index contributed by atoms with van der Waals surface area (Å²) in [4.78, 5) is 43.0. The third-order valence-corrected chi connectivity index (χ3v) is 11.0. The number of carbonyl (C=O) groups excluding carboxylic acids is 3. The molecule has 200 valence electrons. The molecule has 3 aliphatic rings. The second-order valence-corrected chi connectivity index (χ2v) is 15.1. The van der Waals surface area contributed by atoms with E-state index in [-0.39, 0.29) is 52.4 Å². The number of carbonyl (C=O) groups is 3. The van der Waals surface area contributed by atoms with Crippen LogP contribution in [0.5, 0.6) is 0 Å². The number of hydrogen-bond donors (Lipinski definition) is 2. The highest BCUT2D eigenvalue weighted by Crippen LogP contribution is 2.68. The second kappa shape index (κ2) is 10.2. The zero-order chi connectivity index (χ0) is 26.5. The summed E-state index contributed by atoms with van der Waals surface area (Å²) in [5, 5.41) is 13.5. The lowest BCUT2D eigenvalue weighted by Gasteiger charge is -2.41. The van der Waals surface area contributed by atoms with Gasteiger partial charge in [0.1, 0.15) is 6.04 Å². The van der Waals surface area contributed by atoms with Crippen molar-refractivity contribution in [2.45, 2.75) is 107 Å². The molecule has 3 unspecified atom stereocenters. The Balaban J connectivity index is 2.08. The van der Waals surface area contributed by atoms with Crippen LogP contribution in [0.15, 0.2) is 0 Å². The Labute approximate surface area is 223 Å². The quantitative estimate of drug-likeness (QED) is 0.321. The van der Waals surface area contributed by atoms with Gasteiger partial charge in [0.05, 0.1) is 35.8 Å². The third-order valence-electron chi connectivity index (χ3n) is 7.81. The largest absolute Gasteiger partial charge is 0.466 e. The minimum atomic E-state index is -0.764. The van der Waals surface area contributed by atoms with Crippen LogP contribution in [-0.4, -0.2) is 73.5 Å². The molecule has 9 heteroatoms. The van der Waals surface area contributed by atoms with Crippen molar-refractivity contribution >= 4 is 45.5 Å². The number of aliphatic hydroxyl groups is 1. The van der Waals surface area contributed by atoms with E-state index in [9.17, 15) is 19.5 Å². The highest BCUT2D eigenvalue weighted by atomic mass is 79.9. The van der Waals surface area contributed by atoms with E-state index in [0.29, 0.717) is 6.42 Å². The monoisotopic (exact) mass is 574 g/mol. The minimum Gasteiger partial charge on any atom is -0.466 e. The van der Waals surface area contributed by atoms with Gasteiger partial charge in [-0.15, -0.1) is 11.8 Å². The van der Waals surface area contributed by atoms with Gasteiger partial charge in [0.15, 0.2) is 0 Å². The zero-order valence-corrected chi connectivity index (χ0v) is 24.8. The molecule has 2 amide bonds. The van der Waals surface area contributed by atoms with Crippen LogP contribution in [0.4, 0.5) is 0 Å². The molecule has 3 saturated heterocycles. The van der Waals surface area contributed by atoms with Crippen LogP contribution in [-0.2, 0) is 19.1 Å². The molecule has 0 radical (unpaired) electrons. The average molecular weight is 576 g/mol. The maximum Gasteiger partial charge on any atom is 0.310 e. The zero-order valence-electron chi connectivity index (χ0n) is 22.4. The first-order valence-electron chi connectivity index (χ1n) is 12.9. The van der Waals surface area contributed by atoms with Gasteiger partial charge in [-0.1, -0.05) is 57.0 Å². The van der Waals surface area contributed by atoms with Crippen LogP contribution in [0.2, 0.25) is 0 Å². The number of halogens is 1. The summed E-state index contributed by atoms with van der Waals surface area (Å²) >= 11 is 5.36. The number of alkyl halides is 1. The van der Waals surface area contributed by atoms with Gasteiger partial charge in [-0.3, -0.25) is 14.4 Å². The number of ether oxygens (including phenoxy) is 1. The molecule has 0 aliphatic carbocycles. The molecular formula is C26H43BrN2O5S. The smallest absolute Gasteiger partial charge is 0.310 e. The van der Waals surface area contributed by atoms with E-state index < -0.39 is 34.2 Å². The van der Waals surface area contributed by atoms with Gasteiger partial charge >= 0.3 is 5.97 Å². The normalized spacial score (nSPS) is 34.1. The summed E-state index contributed by atoms with van der Waals surface area (Å²) < 4.78 is 4.67. The van der Waals surface area contributed by atoms with Crippen LogP contribution in [0.1, 0.15) is 74.7 Å². The predicted molar refractivity (Wildman–Crippen MR) is 142 cm³/mol. The van der Waals surface area contributed by atoms with Gasteiger partial charge in [0.25, 0.3) is 0 Å². The molecule has 0 aromatic carbocycles. The van der Waals surface area contributed by atoms with Gasteiger partial charge in [-0.25, -0.2) is 0 Å². The Morgan fingerprint density at radius 2 is 1.91 bits per heavy atom. The van der Waals surface area contributed by atoms with Gasteiger partial charge in [0, 0.05) is 15.6 Å². The Hall–Kier alpha value is -0.800. The number of likely N-dealkylation sites (tertiary alicyclic amines) is 1. The molecule has 3 rings (SSSR count). The lowest BCUT2D eigenvalue weighted by molar-refractivity contribution is -0.154. The number of thioether (sulfide) groups is 1. The summed E-state index contributed by atoms with van der Waals surface area (Å²) in [7, 11) is 0. The maximum atomic E-state index is 14.1. The van der Waals surface area contributed by atoms with Gasteiger partial charge in [-0.05, 0) is 44.9 Å². The Bertz CT molecular complexity index is 846. The Morgan fingerprint density at radius 3 is 2.43 bits per heavy atom. The van der Waals surface area contributed by atoms with Crippen molar-refractivity contribution in [1.29, 1.82) is 0 Å². The number of rotatable bonds is 9. The average Bonchev–Trinajstić information content (AvgIpc) is 3.30. The molecule has 1 spiro atoms. The fourth-order valence-corrected chi connectivity index (χ4v) is 10.4. The van der Waals surface area contributed by atoms with Crippen molar-refractivity contribution in [3.05, 3.63) is 0 Å². The fraction of sp³-hybridized carbons (Fsp3) is 0.885. The van der Waals surface area contributed by atoms with Gasteiger partial charge in [0.2, 0.25) is 11.8 Å². The number of nitrogens with zero attached hydrogens (tertiary/aromatic N) is 1. The summed E-state index contributed by atoms with van der Waals surface area (Å²) in [5.41, 5.74) is -0.483. The lowest BCUT2D eigenvalue weighted by Crippen LogP contribution is -2.61. The highest BCUT2D eigenvalue weighted by molar-refractivity contribution is 9.09. The van der Waals surface area contributed by atoms with Gasteiger partial charge < -0.3 is 20.1 Å². The molecule has 3 aliphatic heterocycles. The van der Waals surface area contributed by atoms with Crippen LogP contribution >= 0.6 is 27.7 Å². The maximum absolute atomic E-state index is 14.1. The first-order chi connectivity index (χ1) is 16.1. The molecule has 35 heavy (non-hydrogen) atoms. The van der Waals surface area contributed by atoms with Crippen LogP contribution < -0.4 is 5.32 Å². The van der Waals surface area contributed by atoms with Crippen molar-refractivity contribution in [2.24, 2.45) is 23.2 Å². The summed E-state index contributed by atoms with van der Waals surface area (Å²) in [5.74, 6) is -2.01. The van der Waals surface area contributed by atoms with E-state index in [4.69, 9.17) is 4.74 Å². The molecule has 3 heterocycles. The highest BCUT2D eigenvalue weighted by Gasteiger charge is 2.76. The van der Waals surface area contributed by atoms with Crippen molar-refractivity contribution < 1.29 is 24.2 Å². The van der Waals surface area contributed by atoms with E-state index in [1.807, 2.05) is 27.7 Å². The van der Waals surface area contributed by atoms with E-state index in [1.54, 1.807) is 23.6 Å².